The molecule has 6 N–H and O–H groups in total. The third-order valence-electron chi connectivity index (χ3n) is 11.0. The van der Waals surface area contributed by atoms with Crippen molar-refractivity contribution in [1.82, 2.24) is 29.8 Å². The number of hydrogen-bond donors (Lipinski definition) is 5. The van der Waals surface area contributed by atoms with Gasteiger partial charge in [0.15, 0.2) is 0 Å². The van der Waals surface area contributed by atoms with E-state index in [0.29, 0.717) is 78.2 Å². The molecule has 3 aromatic rings. The molecule has 2 aromatic carbocycles. The first kappa shape index (κ1) is 45.8. The van der Waals surface area contributed by atoms with Gasteiger partial charge in [-0.25, -0.2) is 17.7 Å². The standard InChI is InChI=1S/C43H50BrN9O8S/c1-27-12-10-16-32(36(27)38(45)56)49-39-31(44)26-47-43(51-39)48-29-20-23-52(24-21-29)62(60,61)25-22-46-34(54)17-9-7-5-3-2-4-6-8-13-28-14-11-15-30-37(28)42(59)53(41(30)58)33-18-19-35(55)50-40(33)57/h10-12,14-16,26,29,33H,2-7,9,17-25H2,1H3,(H2,45,56)(H,46,54)(H,50,55,57)(H2,47,48,49,51). The number of benzene rings is 2. The fourth-order valence-corrected chi connectivity index (χ4v) is 9.41. The van der Waals surface area contributed by atoms with Crippen LogP contribution in [0.1, 0.15) is 119 Å². The zero-order valence-corrected chi connectivity index (χ0v) is 36.8. The lowest BCUT2D eigenvalue weighted by Crippen LogP contribution is -2.54. The third kappa shape index (κ3) is 11.4. The van der Waals surface area contributed by atoms with Gasteiger partial charge in [-0.15, -0.1) is 0 Å². The van der Waals surface area contributed by atoms with Crippen LogP contribution >= 0.6 is 15.9 Å². The number of anilines is 3. The van der Waals surface area contributed by atoms with Crippen LogP contribution in [0.25, 0.3) is 0 Å². The fourth-order valence-electron chi connectivity index (χ4n) is 7.73. The van der Waals surface area contributed by atoms with Crippen molar-refractivity contribution in [3.8, 4) is 11.8 Å². The van der Waals surface area contributed by atoms with Gasteiger partial charge in [-0.1, -0.05) is 55.7 Å². The van der Waals surface area contributed by atoms with E-state index >= 15 is 0 Å². The van der Waals surface area contributed by atoms with Crippen LogP contribution in [-0.4, -0.2) is 101 Å². The van der Waals surface area contributed by atoms with Crippen LogP contribution in [0.2, 0.25) is 0 Å². The molecule has 2 fully saturated rings. The van der Waals surface area contributed by atoms with E-state index in [0.717, 1.165) is 42.6 Å². The van der Waals surface area contributed by atoms with Gasteiger partial charge in [-0.2, -0.15) is 4.98 Å². The van der Waals surface area contributed by atoms with Crippen LogP contribution in [0.15, 0.2) is 47.1 Å². The summed E-state index contributed by atoms with van der Waals surface area (Å²) in [5.74, 6) is 3.76. The summed E-state index contributed by atoms with van der Waals surface area (Å²) < 4.78 is 28.2. The summed E-state index contributed by atoms with van der Waals surface area (Å²) in [6.45, 7) is 2.47. The monoisotopic (exact) mass is 931 g/mol. The summed E-state index contributed by atoms with van der Waals surface area (Å²) in [5.41, 5.74) is 8.03. The number of halogens is 1. The highest BCUT2D eigenvalue weighted by Crippen LogP contribution is 2.31. The van der Waals surface area contributed by atoms with Crippen molar-refractivity contribution in [2.24, 2.45) is 5.73 Å². The number of unbranched alkanes of at least 4 members (excludes halogenated alkanes) is 6. The zero-order chi connectivity index (χ0) is 44.4. The van der Waals surface area contributed by atoms with Crippen LogP contribution in [0.3, 0.4) is 0 Å². The van der Waals surface area contributed by atoms with E-state index in [1.807, 2.05) is 6.07 Å². The predicted octanol–water partition coefficient (Wildman–Crippen LogP) is 4.29. The second kappa shape index (κ2) is 20.9. The number of nitrogens with one attached hydrogen (secondary N) is 4. The summed E-state index contributed by atoms with van der Waals surface area (Å²) >= 11 is 3.45. The molecule has 0 radical (unpaired) electrons. The Morgan fingerprint density at radius 3 is 2.44 bits per heavy atom. The van der Waals surface area contributed by atoms with Gasteiger partial charge in [0, 0.05) is 56.7 Å². The first-order chi connectivity index (χ1) is 29.7. The lowest BCUT2D eigenvalue weighted by Gasteiger charge is -2.31. The molecule has 3 aliphatic heterocycles. The molecule has 62 heavy (non-hydrogen) atoms. The molecule has 1 aromatic heterocycles. The number of imide groups is 2. The van der Waals surface area contributed by atoms with Crippen molar-refractivity contribution in [2.75, 3.05) is 36.0 Å². The number of piperidine rings is 2. The van der Waals surface area contributed by atoms with E-state index in [4.69, 9.17) is 5.73 Å². The Morgan fingerprint density at radius 1 is 0.968 bits per heavy atom. The molecule has 1 unspecified atom stereocenters. The third-order valence-corrected chi connectivity index (χ3v) is 13.5. The zero-order valence-electron chi connectivity index (χ0n) is 34.4. The Balaban J connectivity index is 0.829. The van der Waals surface area contributed by atoms with E-state index < -0.39 is 45.6 Å². The first-order valence-corrected chi connectivity index (χ1v) is 23.2. The van der Waals surface area contributed by atoms with Crippen LogP contribution in [0.5, 0.6) is 0 Å². The van der Waals surface area contributed by atoms with Crippen molar-refractivity contribution < 1.29 is 37.2 Å². The number of aromatic nitrogens is 2. The van der Waals surface area contributed by atoms with Crippen LogP contribution in [0, 0.1) is 18.8 Å². The Labute approximate surface area is 368 Å². The van der Waals surface area contributed by atoms with Gasteiger partial charge in [0.05, 0.1) is 32.6 Å². The number of primary amides is 1. The van der Waals surface area contributed by atoms with E-state index in [2.05, 4.69) is 59.0 Å². The summed E-state index contributed by atoms with van der Waals surface area (Å²) in [6, 6.07) is 9.14. The summed E-state index contributed by atoms with van der Waals surface area (Å²) in [5, 5.41) is 11.4. The maximum atomic E-state index is 13.2. The van der Waals surface area contributed by atoms with E-state index in [-0.39, 0.29) is 48.2 Å². The molecular weight excluding hydrogens is 882 g/mol. The van der Waals surface area contributed by atoms with Crippen LogP contribution < -0.4 is 27.0 Å². The molecule has 0 aliphatic carbocycles. The highest BCUT2D eigenvalue weighted by Gasteiger charge is 2.45. The Hall–Kier alpha value is -5.71. The van der Waals surface area contributed by atoms with Crippen molar-refractivity contribution >= 4 is 78.8 Å². The molecule has 0 saturated carbocycles. The highest BCUT2D eigenvalue weighted by molar-refractivity contribution is 9.10. The SMILES string of the molecule is Cc1cccc(Nc2nc(NC3CCN(S(=O)(=O)CCNC(=O)CCCCCCCCC#Cc4cccc5c4C(=O)N(C4CCC(=O)NC4=O)C5=O)CC3)ncc2Br)c1C(N)=O. The van der Waals surface area contributed by atoms with Crippen LogP contribution in [-0.2, 0) is 24.4 Å². The summed E-state index contributed by atoms with van der Waals surface area (Å²) in [4.78, 5) is 84.5. The topological polar surface area (TPSA) is 243 Å². The Bertz CT molecular complexity index is 2410. The van der Waals surface area contributed by atoms with Gasteiger partial charge >= 0.3 is 0 Å². The van der Waals surface area contributed by atoms with Gasteiger partial charge in [0.2, 0.25) is 33.7 Å². The maximum Gasteiger partial charge on any atom is 0.263 e. The van der Waals surface area contributed by atoms with E-state index in [9.17, 15) is 37.2 Å². The van der Waals surface area contributed by atoms with E-state index in [1.165, 1.54) is 4.31 Å². The maximum absolute atomic E-state index is 13.2. The number of hydrogen-bond acceptors (Lipinski definition) is 12. The minimum Gasteiger partial charge on any atom is -0.366 e. The van der Waals surface area contributed by atoms with Crippen molar-refractivity contribution in [3.63, 3.8) is 0 Å². The first-order valence-electron chi connectivity index (χ1n) is 20.8. The van der Waals surface area contributed by atoms with Crippen molar-refractivity contribution in [2.45, 2.75) is 96.1 Å². The molecule has 0 bridgehead atoms. The molecule has 328 valence electrons. The second-order valence-electron chi connectivity index (χ2n) is 15.5. The molecule has 0 spiro atoms. The second-order valence-corrected chi connectivity index (χ2v) is 18.4. The minimum absolute atomic E-state index is 0.0373. The molecule has 6 amide bonds. The number of amides is 6. The van der Waals surface area contributed by atoms with Crippen molar-refractivity contribution in [3.05, 3.63) is 74.9 Å². The number of nitrogens with zero attached hydrogens (tertiary/aromatic N) is 4. The number of sulfonamides is 1. The molecule has 6 rings (SSSR count). The van der Waals surface area contributed by atoms with Crippen LogP contribution in [0.4, 0.5) is 17.5 Å². The average molecular weight is 933 g/mol. The van der Waals surface area contributed by atoms with Gasteiger partial charge in [0.1, 0.15) is 11.9 Å². The van der Waals surface area contributed by atoms with Gasteiger partial charge < -0.3 is 21.7 Å². The minimum atomic E-state index is -3.57. The van der Waals surface area contributed by atoms with E-state index in [1.54, 1.807) is 43.5 Å². The predicted molar refractivity (Wildman–Crippen MR) is 235 cm³/mol. The quantitative estimate of drug-likeness (QED) is 0.0682. The highest BCUT2D eigenvalue weighted by atomic mass is 79.9. The molecule has 19 heteroatoms. The summed E-state index contributed by atoms with van der Waals surface area (Å²) in [7, 11) is -3.57. The lowest BCUT2D eigenvalue weighted by atomic mass is 10.0. The molecule has 3 aliphatic rings. The Kier molecular flexibility index (Phi) is 15.4. The van der Waals surface area contributed by atoms with Crippen molar-refractivity contribution in [1.29, 1.82) is 0 Å². The number of nitrogens with two attached hydrogens (primary N) is 1. The average Bonchev–Trinajstić information content (AvgIpc) is 3.48. The molecule has 2 saturated heterocycles. The Morgan fingerprint density at radius 2 is 1.69 bits per heavy atom. The lowest BCUT2D eigenvalue weighted by molar-refractivity contribution is -0.136. The largest absolute Gasteiger partial charge is 0.366 e. The van der Waals surface area contributed by atoms with Gasteiger partial charge in [-0.3, -0.25) is 39.0 Å². The number of carbonyl (C=O) groups is 6. The van der Waals surface area contributed by atoms with Gasteiger partial charge in [-0.05, 0) is 78.7 Å². The molecular formula is C43H50BrN9O8S. The number of fused-ring (bicyclic) bond motifs is 1. The number of rotatable bonds is 18. The smallest absolute Gasteiger partial charge is 0.263 e. The fraction of sp³-hybridized carbons (Fsp3) is 0.442. The molecule has 4 heterocycles. The number of aryl methyl sites for hydroxylation is 1. The normalized spacial score (nSPS) is 16.9. The molecule has 1 atom stereocenters. The summed E-state index contributed by atoms with van der Waals surface area (Å²) in [6.07, 6.45) is 8.97. The number of carbonyl (C=O) groups excluding carboxylic acids is 6. The molecule has 17 nitrogen and oxygen atoms in total. The van der Waals surface area contributed by atoms with Gasteiger partial charge in [0.25, 0.3) is 17.7 Å².